The van der Waals surface area contributed by atoms with Crippen molar-refractivity contribution in [2.24, 2.45) is 9.98 Å². The van der Waals surface area contributed by atoms with Gasteiger partial charge in [-0.3, -0.25) is 19.8 Å². The summed E-state index contributed by atoms with van der Waals surface area (Å²) in [7, 11) is 0. The molecule has 4 atom stereocenters. The minimum atomic E-state index is -0.202. The van der Waals surface area contributed by atoms with Gasteiger partial charge in [0.1, 0.15) is 11.7 Å². The van der Waals surface area contributed by atoms with Crippen LogP contribution in [0.2, 0.25) is 0 Å². The summed E-state index contributed by atoms with van der Waals surface area (Å²) in [6.45, 7) is 3.92. The first kappa shape index (κ1) is 25.8. The van der Waals surface area contributed by atoms with Crippen LogP contribution in [0, 0.1) is 0 Å². The van der Waals surface area contributed by atoms with E-state index in [4.69, 9.17) is 9.98 Å². The molecule has 0 bridgehead atoms. The summed E-state index contributed by atoms with van der Waals surface area (Å²) in [5.41, 5.74) is 4.60. The molecule has 200 valence electrons. The molecule has 2 amide bonds. The fourth-order valence-electron chi connectivity index (χ4n) is 6.19. The number of urea groups is 1. The fourth-order valence-corrected chi connectivity index (χ4v) is 6.19. The fraction of sp³-hybridized carbons (Fsp3) is 0.229. The minimum Gasteiger partial charge on any atom is -0.272 e. The van der Waals surface area contributed by atoms with E-state index in [-0.39, 0.29) is 30.2 Å². The maximum atomic E-state index is 14.7. The van der Waals surface area contributed by atoms with Crippen LogP contribution in [0.5, 0.6) is 0 Å². The second kappa shape index (κ2) is 11.3. The Morgan fingerprint density at radius 3 is 1.23 bits per heavy atom. The molecular formula is C35H34N4O. The van der Waals surface area contributed by atoms with Crippen LogP contribution < -0.4 is 0 Å². The number of rotatable bonds is 6. The van der Waals surface area contributed by atoms with Crippen molar-refractivity contribution in [3.8, 4) is 0 Å². The summed E-state index contributed by atoms with van der Waals surface area (Å²) in [5.74, 6) is 1.48. The zero-order valence-corrected chi connectivity index (χ0v) is 23.0. The number of aliphatic imine (C=N–C) groups is 2. The Morgan fingerprint density at radius 1 is 0.550 bits per heavy atom. The Bertz CT molecular complexity index is 1390. The van der Waals surface area contributed by atoms with Crippen LogP contribution in [-0.4, -0.2) is 39.6 Å². The lowest BCUT2D eigenvalue weighted by molar-refractivity contribution is 0.173. The molecule has 0 fully saturated rings. The van der Waals surface area contributed by atoms with E-state index in [9.17, 15) is 4.79 Å². The van der Waals surface area contributed by atoms with Gasteiger partial charge in [-0.25, -0.2) is 4.79 Å². The van der Waals surface area contributed by atoms with Gasteiger partial charge in [-0.1, -0.05) is 121 Å². The largest absolute Gasteiger partial charge is 0.332 e. The van der Waals surface area contributed by atoms with Crippen molar-refractivity contribution >= 4 is 17.7 Å². The van der Waals surface area contributed by atoms with Crippen LogP contribution in [0.3, 0.4) is 0 Å². The van der Waals surface area contributed by atoms with Gasteiger partial charge in [0.25, 0.3) is 0 Å². The summed E-state index contributed by atoms with van der Waals surface area (Å²) in [6, 6.07) is 40.8. The molecule has 0 radical (unpaired) electrons. The van der Waals surface area contributed by atoms with Crippen molar-refractivity contribution in [2.45, 2.75) is 50.9 Å². The Balaban J connectivity index is 1.37. The Labute approximate surface area is 236 Å². The molecule has 2 heterocycles. The van der Waals surface area contributed by atoms with Gasteiger partial charge in [-0.2, -0.15) is 0 Å². The Kier molecular flexibility index (Phi) is 7.28. The molecule has 0 aliphatic carbocycles. The topological polar surface area (TPSA) is 48.3 Å². The normalized spacial score (nSPS) is 22.2. The average molecular weight is 527 g/mol. The molecule has 0 saturated carbocycles. The number of nitrogens with zero attached hydrogens (tertiary/aromatic N) is 4. The number of hydrogen-bond acceptors (Lipinski definition) is 3. The van der Waals surface area contributed by atoms with E-state index in [1.54, 1.807) is 0 Å². The van der Waals surface area contributed by atoms with E-state index in [2.05, 4.69) is 72.8 Å². The SMILES string of the molecule is CC1=NC(Cc2ccccc2)C(c2ccccc2)N1C(=O)N1C(C)=NC(Cc2ccccc2)C1c1ccccc1. The van der Waals surface area contributed by atoms with Crippen LogP contribution in [-0.2, 0) is 12.8 Å². The minimum absolute atomic E-state index is 0.0728. The first-order valence-electron chi connectivity index (χ1n) is 14.0. The van der Waals surface area contributed by atoms with Crippen LogP contribution in [0.25, 0.3) is 0 Å². The predicted octanol–water partition coefficient (Wildman–Crippen LogP) is 7.28. The van der Waals surface area contributed by atoms with Crippen molar-refractivity contribution in [3.63, 3.8) is 0 Å². The zero-order valence-electron chi connectivity index (χ0n) is 23.0. The number of amidine groups is 2. The Morgan fingerprint density at radius 2 is 0.875 bits per heavy atom. The van der Waals surface area contributed by atoms with Gasteiger partial charge in [0.15, 0.2) is 0 Å². The van der Waals surface area contributed by atoms with Crippen molar-refractivity contribution in [1.82, 2.24) is 9.80 Å². The second-order valence-corrected chi connectivity index (χ2v) is 10.6. The smallest absolute Gasteiger partial charge is 0.272 e. The van der Waals surface area contributed by atoms with Crippen molar-refractivity contribution < 1.29 is 4.79 Å². The third-order valence-electron chi connectivity index (χ3n) is 7.96. The number of hydrogen-bond donors (Lipinski definition) is 0. The van der Waals surface area contributed by atoms with Gasteiger partial charge < -0.3 is 0 Å². The summed E-state index contributed by atoms with van der Waals surface area (Å²) in [5, 5.41) is 0. The highest BCUT2D eigenvalue weighted by Gasteiger charge is 2.46. The first-order valence-corrected chi connectivity index (χ1v) is 14.0. The highest BCUT2D eigenvalue weighted by atomic mass is 16.2. The molecule has 2 aliphatic rings. The molecule has 4 unspecified atom stereocenters. The van der Waals surface area contributed by atoms with E-state index in [0.29, 0.717) is 0 Å². The lowest BCUT2D eigenvalue weighted by Crippen LogP contribution is -2.49. The molecular weight excluding hydrogens is 492 g/mol. The molecule has 0 saturated heterocycles. The van der Waals surface area contributed by atoms with Gasteiger partial charge in [0, 0.05) is 0 Å². The van der Waals surface area contributed by atoms with E-state index in [1.165, 1.54) is 11.1 Å². The van der Waals surface area contributed by atoms with Crippen LogP contribution in [0.4, 0.5) is 4.79 Å². The first-order chi connectivity index (χ1) is 19.6. The quantitative estimate of drug-likeness (QED) is 0.260. The molecule has 5 nitrogen and oxygen atoms in total. The van der Waals surface area contributed by atoms with Crippen LogP contribution in [0.1, 0.15) is 48.2 Å². The molecule has 0 aromatic heterocycles. The van der Waals surface area contributed by atoms with E-state index >= 15 is 0 Å². The van der Waals surface area contributed by atoms with Crippen molar-refractivity contribution in [3.05, 3.63) is 144 Å². The molecule has 6 rings (SSSR count). The van der Waals surface area contributed by atoms with Gasteiger partial charge in [-0.15, -0.1) is 0 Å². The molecule has 40 heavy (non-hydrogen) atoms. The summed E-state index contributed by atoms with van der Waals surface area (Å²) < 4.78 is 0. The van der Waals surface area contributed by atoms with Crippen molar-refractivity contribution in [1.29, 1.82) is 0 Å². The van der Waals surface area contributed by atoms with Crippen LogP contribution >= 0.6 is 0 Å². The third kappa shape index (κ3) is 5.07. The average Bonchev–Trinajstić information content (AvgIpc) is 3.49. The van der Waals surface area contributed by atoms with Gasteiger partial charge in [0.2, 0.25) is 0 Å². The molecule has 2 aliphatic heterocycles. The molecule has 0 spiro atoms. The number of carbonyl (C=O) groups is 1. The maximum Gasteiger partial charge on any atom is 0.332 e. The molecule has 5 heteroatoms. The van der Waals surface area contributed by atoms with E-state index < -0.39 is 0 Å². The van der Waals surface area contributed by atoms with E-state index in [0.717, 1.165) is 35.6 Å². The van der Waals surface area contributed by atoms with Gasteiger partial charge in [0.05, 0.1) is 24.2 Å². The molecule has 4 aromatic carbocycles. The summed E-state index contributed by atoms with van der Waals surface area (Å²) in [6.07, 6.45) is 1.51. The molecule has 4 aromatic rings. The van der Waals surface area contributed by atoms with Crippen molar-refractivity contribution in [2.75, 3.05) is 0 Å². The highest BCUT2D eigenvalue weighted by Crippen LogP contribution is 2.40. The van der Waals surface area contributed by atoms with Crippen LogP contribution in [0.15, 0.2) is 131 Å². The monoisotopic (exact) mass is 526 g/mol. The number of carbonyl (C=O) groups excluding carboxylic acids is 1. The lowest BCUT2D eigenvalue weighted by Gasteiger charge is -2.35. The maximum absolute atomic E-state index is 14.7. The zero-order chi connectivity index (χ0) is 27.5. The predicted molar refractivity (Wildman–Crippen MR) is 162 cm³/mol. The lowest BCUT2D eigenvalue weighted by atomic mass is 9.93. The third-order valence-corrected chi connectivity index (χ3v) is 7.96. The summed E-state index contributed by atoms with van der Waals surface area (Å²) in [4.78, 5) is 28.7. The summed E-state index contributed by atoms with van der Waals surface area (Å²) >= 11 is 0. The van der Waals surface area contributed by atoms with Gasteiger partial charge >= 0.3 is 6.03 Å². The number of amides is 2. The second-order valence-electron chi connectivity index (χ2n) is 10.6. The Hall–Kier alpha value is -4.51. The molecule has 0 N–H and O–H groups in total. The van der Waals surface area contributed by atoms with E-state index in [1.807, 2.05) is 72.2 Å². The highest BCUT2D eigenvalue weighted by molar-refractivity contribution is 6.06. The standard InChI is InChI=1S/C35H34N4O/c1-25-36-31(23-27-15-7-3-8-16-27)33(29-19-11-5-12-20-29)38(25)35(40)39-26(2)37-32(24-28-17-9-4-10-18-28)34(39)30-21-13-6-14-22-30/h3-22,31-34H,23-24H2,1-2H3. The number of benzene rings is 4. The van der Waals surface area contributed by atoms with Gasteiger partial charge in [-0.05, 0) is 48.9 Å².